The second-order valence-corrected chi connectivity index (χ2v) is 4.47. The van der Waals surface area contributed by atoms with E-state index in [4.69, 9.17) is 14.9 Å². The van der Waals surface area contributed by atoms with Gasteiger partial charge in [-0.3, -0.25) is 0 Å². The van der Waals surface area contributed by atoms with Crippen molar-refractivity contribution in [1.82, 2.24) is 0 Å². The molecule has 0 saturated heterocycles. The Morgan fingerprint density at radius 3 is 2.59 bits per heavy atom. The first kappa shape index (κ1) is 13.4. The molecule has 0 bridgehead atoms. The third kappa shape index (κ3) is 5.31. The van der Waals surface area contributed by atoms with Crippen molar-refractivity contribution in [2.75, 3.05) is 12.4 Å². The molecule has 1 rings (SSSR count). The molecule has 0 saturated carbocycles. The number of carboxylic acids is 1. The molecular formula is C12H14O4S. The van der Waals surface area contributed by atoms with Crippen LogP contribution in [0, 0.1) is 0 Å². The van der Waals surface area contributed by atoms with E-state index in [9.17, 15) is 4.79 Å². The first-order chi connectivity index (χ1) is 8.11. The van der Waals surface area contributed by atoms with Gasteiger partial charge in [-0.15, -0.1) is 11.8 Å². The summed E-state index contributed by atoms with van der Waals surface area (Å²) < 4.78 is 5.01. The molecule has 0 radical (unpaired) electrons. The summed E-state index contributed by atoms with van der Waals surface area (Å²) in [5, 5.41) is 17.2. The summed E-state index contributed by atoms with van der Waals surface area (Å²) in [4.78, 5) is 11.3. The summed E-state index contributed by atoms with van der Waals surface area (Å²) in [6.45, 7) is 1.51. The number of hydrogen-bond acceptors (Lipinski definition) is 4. The van der Waals surface area contributed by atoms with E-state index < -0.39 is 5.97 Å². The number of carboxylic acid groups (broad SMARTS) is 1. The Labute approximate surface area is 104 Å². The Kier molecular flexibility index (Phi) is 5.42. The second kappa shape index (κ2) is 6.85. The van der Waals surface area contributed by atoms with Crippen LogP contribution in [0.4, 0.5) is 0 Å². The molecule has 0 aliphatic heterocycles. The molecule has 0 amide bonds. The molecule has 0 fully saturated rings. The molecule has 92 valence electrons. The fraction of sp³-hybridized carbons (Fsp3) is 0.250. The van der Waals surface area contributed by atoms with Crippen molar-refractivity contribution in [3.63, 3.8) is 0 Å². The molecule has 0 aliphatic rings. The number of ether oxygens (including phenoxy) is 1. The van der Waals surface area contributed by atoms with E-state index in [1.165, 1.54) is 0 Å². The zero-order chi connectivity index (χ0) is 12.7. The minimum absolute atomic E-state index is 0.334. The van der Waals surface area contributed by atoms with Crippen molar-refractivity contribution in [2.45, 2.75) is 11.8 Å². The minimum atomic E-state index is -0.993. The highest BCUT2D eigenvalue weighted by molar-refractivity contribution is 7.99. The van der Waals surface area contributed by atoms with Crippen LogP contribution in [0.15, 0.2) is 41.0 Å². The van der Waals surface area contributed by atoms with Crippen LogP contribution in [0.25, 0.3) is 0 Å². The van der Waals surface area contributed by atoms with Crippen molar-refractivity contribution < 1.29 is 19.7 Å². The van der Waals surface area contributed by atoms with Gasteiger partial charge in [0.15, 0.2) is 6.61 Å². The third-order valence-corrected chi connectivity index (χ3v) is 3.08. The first-order valence-corrected chi connectivity index (χ1v) is 5.97. The average molecular weight is 254 g/mol. The van der Waals surface area contributed by atoms with Crippen molar-refractivity contribution >= 4 is 17.7 Å². The quantitative estimate of drug-likeness (QED) is 0.603. The summed E-state index contributed by atoms with van der Waals surface area (Å²) in [5.41, 5.74) is 0.890. The Balaban J connectivity index is 2.47. The van der Waals surface area contributed by atoms with Crippen molar-refractivity contribution in [2.24, 2.45) is 0 Å². The van der Waals surface area contributed by atoms with E-state index in [-0.39, 0.29) is 6.61 Å². The van der Waals surface area contributed by atoms with Gasteiger partial charge in [-0.2, -0.15) is 0 Å². The standard InChI is InChI=1S/C12H14O4S/c1-9(6-13)8-17-11-4-2-10(3-5-11)16-7-12(14)15/h2-6,13H,7-8H2,1H3,(H,14,15)/b9-6-. The molecule has 0 atom stereocenters. The van der Waals surface area contributed by atoms with E-state index in [0.29, 0.717) is 11.5 Å². The lowest BCUT2D eigenvalue weighted by atomic mass is 10.3. The average Bonchev–Trinajstić information content (AvgIpc) is 2.34. The number of carbonyl (C=O) groups is 1. The smallest absolute Gasteiger partial charge is 0.341 e. The molecule has 0 unspecified atom stereocenters. The summed E-state index contributed by atoms with van der Waals surface area (Å²) in [5.74, 6) is 0.254. The van der Waals surface area contributed by atoms with E-state index in [1.807, 2.05) is 19.1 Å². The maximum absolute atomic E-state index is 10.3. The lowest BCUT2D eigenvalue weighted by molar-refractivity contribution is -0.139. The lowest BCUT2D eigenvalue weighted by Crippen LogP contribution is -2.09. The normalized spacial score (nSPS) is 11.2. The van der Waals surface area contributed by atoms with Gasteiger partial charge in [-0.25, -0.2) is 4.79 Å². The van der Waals surface area contributed by atoms with Gasteiger partial charge in [0.2, 0.25) is 0 Å². The summed E-state index contributed by atoms with van der Waals surface area (Å²) in [6.07, 6.45) is 1.09. The van der Waals surface area contributed by atoms with Gasteiger partial charge in [0, 0.05) is 10.6 Å². The van der Waals surface area contributed by atoms with Crippen LogP contribution in [0.3, 0.4) is 0 Å². The SMILES string of the molecule is C/C(=C/O)CSc1ccc(OCC(=O)O)cc1. The maximum atomic E-state index is 10.3. The number of rotatable bonds is 6. The third-order valence-electron chi connectivity index (χ3n) is 1.87. The number of hydrogen-bond donors (Lipinski definition) is 2. The van der Waals surface area contributed by atoms with Crippen LogP contribution in [0.1, 0.15) is 6.92 Å². The van der Waals surface area contributed by atoms with E-state index in [0.717, 1.165) is 16.7 Å². The van der Waals surface area contributed by atoms with Crippen LogP contribution < -0.4 is 4.74 Å². The number of aliphatic carboxylic acids is 1. The Bertz CT molecular complexity index is 397. The summed E-state index contributed by atoms with van der Waals surface area (Å²) in [7, 11) is 0. The summed E-state index contributed by atoms with van der Waals surface area (Å²) in [6, 6.07) is 7.16. The molecular weight excluding hydrogens is 240 g/mol. The highest BCUT2D eigenvalue weighted by atomic mass is 32.2. The minimum Gasteiger partial charge on any atom is -0.516 e. The molecule has 0 aliphatic carbocycles. The summed E-state index contributed by atoms with van der Waals surface area (Å²) >= 11 is 1.59. The number of aliphatic hydroxyl groups is 1. The van der Waals surface area contributed by atoms with Gasteiger partial charge in [-0.05, 0) is 36.8 Å². The van der Waals surface area contributed by atoms with Crippen molar-refractivity contribution in [3.05, 3.63) is 36.1 Å². The Morgan fingerprint density at radius 1 is 1.41 bits per heavy atom. The predicted octanol–water partition coefficient (Wildman–Crippen LogP) is 2.70. The monoisotopic (exact) mass is 254 g/mol. The zero-order valence-corrected chi connectivity index (χ0v) is 10.2. The number of benzene rings is 1. The van der Waals surface area contributed by atoms with Gasteiger partial charge in [-0.1, -0.05) is 0 Å². The second-order valence-electron chi connectivity index (χ2n) is 3.42. The topological polar surface area (TPSA) is 66.8 Å². The highest BCUT2D eigenvalue weighted by Crippen LogP contribution is 2.23. The van der Waals surface area contributed by atoms with Crippen LogP contribution in [-0.2, 0) is 4.79 Å². The van der Waals surface area contributed by atoms with E-state index in [1.54, 1.807) is 23.9 Å². The molecule has 0 heterocycles. The van der Waals surface area contributed by atoms with Gasteiger partial charge in [0.05, 0.1) is 6.26 Å². The van der Waals surface area contributed by atoms with E-state index in [2.05, 4.69) is 0 Å². The highest BCUT2D eigenvalue weighted by Gasteiger charge is 2.00. The van der Waals surface area contributed by atoms with Crippen LogP contribution in [0.2, 0.25) is 0 Å². The molecule has 1 aromatic rings. The van der Waals surface area contributed by atoms with Gasteiger partial charge >= 0.3 is 5.97 Å². The van der Waals surface area contributed by atoms with E-state index >= 15 is 0 Å². The molecule has 4 nitrogen and oxygen atoms in total. The number of aliphatic hydroxyl groups excluding tert-OH is 1. The first-order valence-electron chi connectivity index (χ1n) is 4.99. The van der Waals surface area contributed by atoms with Crippen LogP contribution in [-0.4, -0.2) is 28.5 Å². The molecule has 2 N–H and O–H groups in total. The molecule has 5 heteroatoms. The van der Waals surface area contributed by atoms with Gasteiger partial charge < -0.3 is 14.9 Å². The van der Waals surface area contributed by atoms with Crippen LogP contribution >= 0.6 is 11.8 Å². The molecule has 0 spiro atoms. The Morgan fingerprint density at radius 2 is 2.06 bits per heavy atom. The molecule has 0 aromatic heterocycles. The largest absolute Gasteiger partial charge is 0.516 e. The van der Waals surface area contributed by atoms with Gasteiger partial charge in [0.1, 0.15) is 5.75 Å². The lowest BCUT2D eigenvalue weighted by Gasteiger charge is -2.05. The molecule has 1 aromatic carbocycles. The Hall–Kier alpha value is -1.62. The maximum Gasteiger partial charge on any atom is 0.341 e. The predicted molar refractivity (Wildman–Crippen MR) is 66.7 cm³/mol. The molecule has 17 heavy (non-hydrogen) atoms. The van der Waals surface area contributed by atoms with Crippen molar-refractivity contribution in [1.29, 1.82) is 0 Å². The fourth-order valence-electron chi connectivity index (χ4n) is 1.01. The van der Waals surface area contributed by atoms with Gasteiger partial charge in [0.25, 0.3) is 0 Å². The fourth-order valence-corrected chi connectivity index (χ4v) is 1.81. The number of thioether (sulfide) groups is 1. The zero-order valence-electron chi connectivity index (χ0n) is 9.42. The van der Waals surface area contributed by atoms with Crippen LogP contribution in [0.5, 0.6) is 5.75 Å². The van der Waals surface area contributed by atoms with Crippen molar-refractivity contribution in [3.8, 4) is 5.75 Å².